The van der Waals surface area contributed by atoms with E-state index in [4.69, 9.17) is 34.3 Å². The first kappa shape index (κ1) is 13.8. The van der Waals surface area contributed by atoms with Crippen LogP contribution in [0.5, 0.6) is 5.75 Å². The third-order valence-electron chi connectivity index (χ3n) is 2.78. The Morgan fingerprint density at radius 2 is 2.16 bits per heavy atom. The van der Waals surface area contributed by atoms with E-state index in [2.05, 4.69) is 5.10 Å². The van der Waals surface area contributed by atoms with Gasteiger partial charge in [0.15, 0.2) is 0 Å². The maximum Gasteiger partial charge on any atom is 0.131 e. The van der Waals surface area contributed by atoms with Gasteiger partial charge in [-0.1, -0.05) is 36.0 Å². The van der Waals surface area contributed by atoms with Crippen molar-refractivity contribution in [2.75, 3.05) is 0 Å². The number of thiocarbonyl (C=S) groups is 1. The quantitative estimate of drug-likeness (QED) is 0.881. The Morgan fingerprint density at radius 1 is 1.47 bits per heavy atom. The van der Waals surface area contributed by atoms with Gasteiger partial charge in [0, 0.05) is 7.05 Å². The summed E-state index contributed by atoms with van der Waals surface area (Å²) in [4.78, 5) is 0.308. The molecule has 1 aromatic carbocycles. The molecule has 2 N–H and O–H groups in total. The lowest BCUT2D eigenvalue weighted by atomic mass is 10.2. The molecule has 0 bridgehead atoms. The molecule has 4 nitrogen and oxygen atoms in total. The van der Waals surface area contributed by atoms with E-state index in [0.717, 1.165) is 11.4 Å². The number of aryl methyl sites for hydroxylation is 2. The SMILES string of the molecule is Cc1nn(C)c(COc2ccccc2C(N)=S)c1Cl. The van der Waals surface area contributed by atoms with Gasteiger partial charge in [-0.15, -0.1) is 0 Å². The van der Waals surface area contributed by atoms with Crippen LogP contribution in [0, 0.1) is 6.92 Å². The molecule has 0 saturated heterocycles. The maximum atomic E-state index is 6.17. The Kier molecular flexibility index (Phi) is 4.07. The largest absolute Gasteiger partial charge is 0.487 e. The highest BCUT2D eigenvalue weighted by Gasteiger charge is 2.13. The van der Waals surface area contributed by atoms with Crippen LogP contribution in [0.4, 0.5) is 0 Å². The lowest BCUT2D eigenvalue weighted by molar-refractivity contribution is 0.294. The first-order valence-corrected chi connectivity index (χ1v) is 6.49. The van der Waals surface area contributed by atoms with Gasteiger partial charge >= 0.3 is 0 Å². The van der Waals surface area contributed by atoms with Crippen LogP contribution in [0.25, 0.3) is 0 Å². The summed E-state index contributed by atoms with van der Waals surface area (Å²) in [6.45, 7) is 2.17. The molecule has 0 spiro atoms. The fourth-order valence-corrected chi connectivity index (χ4v) is 2.16. The number of rotatable bonds is 4. The van der Waals surface area contributed by atoms with Gasteiger partial charge in [-0.05, 0) is 19.1 Å². The minimum Gasteiger partial charge on any atom is -0.487 e. The van der Waals surface area contributed by atoms with Crippen molar-refractivity contribution < 1.29 is 4.74 Å². The number of halogens is 1. The number of aromatic nitrogens is 2. The molecule has 0 fully saturated rings. The fraction of sp³-hybridized carbons (Fsp3) is 0.231. The first-order valence-electron chi connectivity index (χ1n) is 5.70. The Hall–Kier alpha value is -1.59. The van der Waals surface area contributed by atoms with Crippen LogP contribution < -0.4 is 10.5 Å². The molecule has 6 heteroatoms. The van der Waals surface area contributed by atoms with Gasteiger partial charge in [0.2, 0.25) is 0 Å². The van der Waals surface area contributed by atoms with E-state index in [1.165, 1.54) is 0 Å². The van der Waals surface area contributed by atoms with Crippen LogP contribution >= 0.6 is 23.8 Å². The number of nitrogens with two attached hydrogens (primary N) is 1. The van der Waals surface area contributed by atoms with E-state index in [0.29, 0.717) is 27.9 Å². The zero-order chi connectivity index (χ0) is 14.0. The van der Waals surface area contributed by atoms with Gasteiger partial charge in [-0.2, -0.15) is 5.10 Å². The normalized spacial score (nSPS) is 10.5. The summed E-state index contributed by atoms with van der Waals surface area (Å²) in [7, 11) is 1.83. The van der Waals surface area contributed by atoms with Crippen molar-refractivity contribution >= 4 is 28.8 Å². The molecule has 0 unspecified atom stereocenters. The lowest BCUT2D eigenvalue weighted by Crippen LogP contribution is -2.12. The number of hydrogen-bond acceptors (Lipinski definition) is 3. The number of para-hydroxylation sites is 1. The van der Waals surface area contributed by atoms with Gasteiger partial charge in [0.25, 0.3) is 0 Å². The highest BCUT2D eigenvalue weighted by Crippen LogP contribution is 2.23. The molecule has 0 aliphatic heterocycles. The minimum atomic E-state index is 0.308. The lowest BCUT2D eigenvalue weighted by Gasteiger charge is -2.10. The summed E-state index contributed by atoms with van der Waals surface area (Å²) in [5.74, 6) is 0.643. The van der Waals surface area contributed by atoms with E-state index in [1.54, 1.807) is 4.68 Å². The van der Waals surface area contributed by atoms with Gasteiger partial charge in [-0.25, -0.2) is 0 Å². The van der Waals surface area contributed by atoms with Crippen molar-refractivity contribution in [2.24, 2.45) is 12.8 Å². The molecule has 0 radical (unpaired) electrons. The van der Waals surface area contributed by atoms with Crippen molar-refractivity contribution in [1.82, 2.24) is 9.78 Å². The Bertz CT molecular complexity index is 624. The number of hydrogen-bond donors (Lipinski definition) is 1. The van der Waals surface area contributed by atoms with Crippen molar-refractivity contribution in [3.8, 4) is 5.75 Å². The standard InChI is InChI=1S/C13H14ClN3OS/c1-8-12(14)10(17(2)16-8)7-18-11-6-4-3-5-9(11)13(15)19/h3-6H,7H2,1-2H3,(H2,15,19). The Morgan fingerprint density at radius 3 is 2.74 bits per heavy atom. The second kappa shape index (κ2) is 5.59. The zero-order valence-corrected chi connectivity index (χ0v) is 12.3. The van der Waals surface area contributed by atoms with Crippen LogP contribution in [-0.2, 0) is 13.7 Å². The van der Waals surface area contributed by atoms with Crippen molar-refractivity contribution in [2.45, 2.75) is 13.5 Å². The molecule has 0 aliphatic carbocycles. The third-order valence-corrected chi connectivity index (χ3v) is 3.49. The highest BCUT2D eigenvalue weighted by atomic mass is 35.5. The average Bonchev–Trinajstić information content (AvgIpc) is 2.61. The number of benzene rings is 1. The zero-order valence-electron chi connectivity index (χ0n) is 10.7. The topological polar surface area (TPSA) is 53.1 Å². The number of ether oxygens (including phenoxy) is 1. The summed E-state index contributed by atoms with van der Waals surface area (Å²) in [5, 5.41) is 4.86. The molecule has 1 heterocycles. The molecular formula is C13H14ClN3OS. The van der Waals surface area contributed by atoms with Gasteiger partial charge in [0.1, 0.15) is 17.3 Å². The predicted molar refractivity (Wildman–Crippen MR) is 79.6 cm³/mol. The third kappa shape index (κ3) is 2.88. The van der Waals surface area contributed by atoms with Gasteiger partial charge in [-0.3, -0.25) is 4.68 Å². The molecule has 0 aliphatic rings. The summed E-state index contributed by atoms with van der Waals surface area (Å²) >= 11 is 11.2. The average molecular weight is 296 g/mol. The van der Waals surface area contributed by atoms with Crippen LogP contribution in [0.15, 0.2) is 24.3 Å². The van der Waals surface area contributed by atoms with Crippen LogP contribution in [0.1, 0.15) is 17.0 Å². The molecule has 2 aromatic rings. The minimum absolute atomic E-state index is 0.308. The van der Waals surface area contributed by atoms with Gasteiger partial charge < -0.3 is 10.5 Å². The second-order valence-electron chi connectivity index (χ2n) is 4.12. The van der Waals surface area contributed by atoms with Gasteiger partial charge in [0.05, 0.1) is 22.0 Å². The summed E-state index contributed by atoms with van der Waals surface area (Å²) in [5.41, 5.74) is 7.97. The Balaban J connectivity index is 2.22. The van der Waals surface area contributed by atoms with Crippen LogP contribution in [0.3, 0.4) is 0 Å². The van der Waals surface area contributed by atoms with E-state index < -0.39 is 0 Å². The number of nitrogens with zero attached hydrogens (tertiary/aromatic N) is 2. The van der Waals surface area contributed by atoms with Crippen molar-refractivity contribution in [3.05, 3.63) is 46.2 Å². The fourth-order valence-electron chi connectivity index (χ4n) is 1.78. The van der Waals surface area contributed by atoms with E-state index in [-0.39, 0.29) is 0 Å². The van der Waals surface area contributed by atoms with Crippen LogP contribution in [0.2, 0.25) is 5.02 Å². The summed E-state index contributed by atoms with van der Waals surface area (Å²) < 4.78 is 7.46. The molecule has 1 aromatic heterocycles. The molecule has 19 heavy (non-hydrogen) atoms. The summed E-state index contributed by atoms with van der Waals surface area (Å²) in [6, 6.07) is 7.38. The monoisotopic (exact) mass is 295 g/mol. The van der Waals surface area contributed by atoms with Crippen molar-refractivity contribution in [3.63, 3.8) is 0 Å². The van der Waals surface area contributed by atoms with E-state index in [1.807, 2.05) is 38.2 Å². The van der Waals surface area contributed by atoms with Crippen LogP contribution in [-0.4, -0.2) is 14.8 Å². The first-order chi connectivity index (χ1) is 9.00. The molecule has 100 valence electrons. The molecule has 0 amide bonds. The molecular weight excluding hydrogens is 282 g/mol. The second-order valence-corrected chi connectivity index (χ2v) is 4.94. The molecule has 0 saturated carbocycles. The molecule has 2 rings (SSSR count). The smallest absolute Gasteiger partial charge is 0.131 e. The van der Waals surface area contributed by atoms with E-state index in [9.17, 15) is 0 Å². The Labute approximate surface area is 122 Å². The molecule has 0 atom stereocenters. The highest BCUT2D eigenvalue weighted by molar-refractivity contribution is 7.80. The predicted octanol–water partition coefficient (Wildman–Crippen LogP) is 2.60. The van der Waals surface area contributed by atoms with Crippen molar-refractivity contribution in [1.29, 1.82) is 0 Å². The summed E-state index contributed by atoms with van der Waals surface area (Å²) in [6.07, 6.45) is 0. The van der Waals surface area contributed by atoms with E-state index >= 15 is 0 Å². The maximum absolute atomic E-state index is 6.17.